The van der Waals surface area contributed by atoms with Gasteiger partial charge in [-0.05, 0) is 19.9 Å². The van der Waals surface area contributed by atoms with Crippen LogP contribution in [0.2, 0.25) is 5.02 Å². The predicted molar refractivity (Wildman–Crippen MR) is 78.4 cm³/mol. The van der Waals surface area contributed by atoms with Gasteiger partial charge in [0.25, 0.3) is 5.91 Å². The van der Waals surface area contributed by atoms with Gasteiger partial charge in [0.2, 0.25) is 5.91 Å². The zero-order valence-electron chi connectivity index (χ0n) is 12.1. The Labute approximate surface area is 131 Å². The molecule has 1 heterocycles. The van der Waals surface area contributed by atoms with E-state index in [2.05, 4.69) is 0 Å². The van der Waals surface area contributed by atoms with Crippen molar-refractivity contribution in [3.05, 3.63) is 34.1 Å². The molecule has 1 saturated heterocycles. The highest BCUT2D eigenvalue weighted by molar-refractivity contribution is 6.32. The molecular formula is C15H14ClF2NO3. The van der Waals surface area contributed by atoms with E-state index in [-0.39, 0.29) is 29.5 Å². The molecule has 2 rings (SSSR count). The first-order valence-corrected chi connectivity index (χ1v) is 6.96. The van der Waals surface area contributed by atoms with Gasteiger partial charge in [0.05, 0.1) is 17.1 Å². The molecule has 0 spiro atoms. The Morgan fingerprint density at radius 1 is 1.36 bits per heavy atom. The van der Waals surface area contributed by atoms with Crippen LogP contribution in [-0.4, -0.2) is 25.1 Å². The monoisotopic (exact) mass is 329 g/mol. The molecule has 0 aliphatic carbocycles. The largest absolute Gasteiger partial charge is 0.489 e. The fourth-order valence-electron chi connectivity index (χ4n) is 2.14. The number of hydrogen-bond donors (Lipinski definition) is 0. The minimum Gasteiger partial charge on any atom is -0.489 e. The number of halogens is 3. The number of ether oxygens (including phenoxy) is 1. The van der Waals surface area contributed by atoms with E-state index >= 15 is 0 Å². The maximum Gasteiger partial charge on any atom is 0.261 e. The van der Waals surface area contributed by atoms with Crippen LogP contribution in [0.3, 0.4) is 0 Å². The summed E-state index contributed by atoms with van der Waals surface area (Å²) < 4.78 is 31.3. The van der Waals surface area contributed by atoms with Crippen molar-refractivity contribution in [2.24, 2.45) is 0 Å². The van der Waals surface area contributed by atoms with E-state index in [1.807, 2.05) is 0 Å². The molecular weight excluding hydrogens is 316 g/mol. The van der Waals surface area contributed by atoms with Crippen LogP contribution < -0.4 is 9.64 Å². The normalized spacial score (nSPS) is 14.8. The molecule has 1 fully saturated rings. The number of hydrogen-bond acceptors (Lipinski definition) is 3. The van der Waals surface area contributed by atoms with Crippen molar-refractivity contribution in [3.8, 4) is 5.75 Å². The lowest BCUT2D eigenvalue weighted by molar-refractivity contribution is -0.120. The first-order valence-electron chi connectivity index (χ1n) is 6.58. The lowest BCUT2D eigenvalue weighted by atomic mass is 10.1. The SMILES string of the molecule is CC(C)=C1CC(=O)N(c2cc(OCCF)c(Cl)cc2F)C1=O. The van der Waals surface area contributed by atoms with E-state index in [9.17, 15) is 18.4 Å². The third kappa shape index (κ3) is 2.97. The van der Waals surface area contributed by atoms with E-state index < -0.39 is 24.3 Å². The van der Waals surface area contributed by atoms with E-state index in [1.165, 1.54) is 0 Å². The van der Waals surface area contributed by atoms with E-state index in [1.54, 1.807) is 13.8 Å². The summed E-state index contributed by atoms with van der Waals surface area (Å²) in [4.78, 5) is 25.1. The minimum absolute atomic E-state index is 0.0157. The van der Waals surface area contributed by atoms with Crippen LogP contribution in [0, 0.1) is 5.82 Å². The Bertz CT molecular complexity index is 669. The van der Waals surface area contributed by atoms with Gasteiger partial charge < -0.3 is 4.74 Å². The molecule has 0 atom stereocenters. The van der Waals surface area contributed by atoms with Gasteiger partial charge in [-0.1, -0.05) is 17.2 Å². The van der Waals surface area contributed by atoms with E-state index in [4.69, 9.17) is 16.3 Å². The fourth-order valence-corrected chi connectivity index (χ4v) is 2.34. The van der Waals surface area contributed by atoms with Crippen molar-refractivity contribution in [2.75, 3.05) is 18.2 Å². The van der Waals surface area contributed by atoms with Crippen LogP contribution >= 0.6 is 11.6 Å². The number of anilines is 1. The third-order valence-corrected chi connectivity index (χ3v) is 3.51. The highest BCUT2D eigenvalue weighted by atomic mass is 35.5. The second-order valence-corrected chi connectivity index (χ2v) is 5.37. The summed E-state index contributed by atoms with van der Waals surface area (Å²) in [5.41, 5.74) is 0.791. The van der Waals surface area contributed by atoms with Crippen molar-refractivity contribution in [1.82, 2.24) is 0 Å². The molecule has 7 heteroatoms. The fraction of sp³-hybridized carbons (Fsp3) is 0.333. The molecule has 0 radical (unpaired) electrons. The molecule has 1 aromatic rings. The number of imide groups is 1. The molecule has 0 aromatic heterocycles. The van der Waals surface area contributed by atoms with Crippen molar-refractivity contribution in [1.29, 1.82) is 0 Å². The Balaban J connectivity index is 2.46. The molecule has 22 heavy (non-hydrogen) atoms. The van der Waals surface area contributed by atoms with Gasteiger partial charge in [0.1, 0.15) is 24.8 Å². The standard InChI is InChI=1S/C15H14ClF2NO3/c1-8(2)9-5-14(20)19(15(9)21)12-7-13(22-4-3-17)10(16)6-11(12)18/h6-7H,3-5H2,1-2H3. The average molecular weight is 330 g/mol. The smallest absolute Gasteiger partial charge is 0.261 e. The summed E-state index contributed by atoms with van der Waals surface area (Å²) in [6.07, 6.45) is -0.0795. The number of rotatable bonds is 4. The Hall–Kier alpha value is -1.95. The molecule has 118 valence electrons. The van der Waals surface area contributed by atoms with Crippen molar-refractivity contribution in [2.45, 2.75) is 20.3 Å². The summed E-state index contributed by atoms with van der Waals surface area (Å²) in [6, 6.07) is 2.07. The number of benzene rings is 1. The maximum atomic E-state index is 14.1. The highest BCUT2D eigenvalue weighted by Gasteiger charge is 2.37. The first-order chi connectivity index (χ1) is 10.4. The van der Waals surface area contributed by atoms with Crippen molar-refractivity contribution >= 4 is 29.1 Å². The van der Waals surface area contributed by atoms with Crippen LogP contribution in [0.25, 0.3) is 0 Å². The van der Waals surface area contributed by atoms with Crippen LogP contribution in [0.5, 0.6) is 5.75 Å². The van der Waals surface area contributed by atoms with Crippen LogP contribution in [0.1, 0.15) is 20.3 Å². The number of alkyl halides is 1. The van der Waals surface area contributed by atoms with Crippen molar-refractivity contribution < 1.29 is 23.1 Å². The highest BCUT2D eigenvalue weighted by Crippen LogP contribution is 2.36. The Morgan fingerprint density at radius 2 is 2.05 bits per heavy atom. The zero-order valence-corrected chi connectivity index (χ0v) is 12.8. The molecule has 1 aliphatic rings. The summed E-state index contributed by atoms with van der Waals surface area (Å²) >= 11 is 5.81. The third-order valence-electron chi connectivity index (χ3n) is 3.22. The summed E-state index contributed by atoms with van der Waals surface area (Å²) in [5, 5.41) is -0.0590. The van der Waals surface area contributed by atoms with Gasteiger partial charge in [-0.2, -0.15) is 0 Å². The number of allylic oxidation sites excluding steroid dienone is 1. The molecule has 1 aromatic carbocycles. The Morgan fingerprint density at radius 3 is 2.59 bits per heavy atom. The molecule has 0 N–H and O–H groups in total. The van der Waals surface area contributed by atoms with Crippen molar-refractivity contribution in [3.63, 3.8) is 0 Å². The number of carbonyl (C=O) groups is 2. The number of nitrogens with zero attached hydrogens (tertiary/aromatic N) is 1. The molecule has 4 nitrogen and oxygen atoms in total. The quantitative estimate of drug-likeness (QED) is 0.628. The van der Waals surface area contributed by atoms with Gasteiger partial charge >= 0.3 is 0 Å². The van der Waals surface area contributed by atoms with Gasteiger partial charge in [0, 0.05) is 11.6 Å². The Kier molecular flexibility index (Phi) is 4.81. The first kappa shape index (κ1) is 16.4. The molecule has 0 bridgehead atoms. The van der Waals surface area contributed by atoms with Gasteiger partial charge in [-0.15, -0.1) is 0 Å². The summed E-state index contributed by atoms with van der Waals surface area (Å²) in [5.74, 6) is -1.90. The lowest BCUT2D eigenvalue weighted by Gasteiger charge is -2.17. The van der Waals surface area contributed by atoms with Gasteiger partial charge in [-0.25, -0.2) is 13.7 Å². The predicted octanol–water partition coefficient (Wildman–Crippen LogP) is 3.43. The van der Waals surface area contributed by atoms with Gasteiger partial charge in [0.15, 0.2) is 0 Å². The summed E-state index contributed by atoms with van der Waals surface area (Å²) in [6.45, 7) is 2.41. The zero-order chi connectivity index (χ0) is 16.4. The van der Waals surface area contributed by atoms with Gasteiger partial charge in [-0.3, -0.25) is 9.59 Å². The second-order valence-electron chi connectivity index (χ2n) is 4.96. The molecule has 0 unspecified atom stereocenters. The van der Waals surface area contributed by atoms with Crippen LogP contribution in [-0.2, 0) is 9.59 Å². The molecule has 1 aliphatic heterocycles. The molecule has 2 amide bonds. The number of amides is 2. The second kappa shape index (κ2) is 6.44. The van der Waals surface area contributed by atoms with Crippen LogP contribution in [0.15, 0.2) is 23.3 Å². The average Bonchev–Trinajstić information content (AvgIpc) is 2.74. The molecule has 0 saturated carbocycles. The van der Waals surface area contributed by atoms with Crippen LogP contribution in [0.4, 0.5) is 14.5 Å². The summed E-state index contributed by atoms with van der Waals surface area (Å²) in [7, 11) is 0. The minimum atomic E-state index is -0.825. The number of carbonyl (C=O) groups excluding carboxylic acids is 2. The van der Waals surface area contributed by atoms with E-state index in [0.29, 0.717) is 11.1 Å². The van der Waals surface area contributed by atoms with E-state index in [0.717, 1.165) is 17.0 Å². The maximum absolute atomic E-state index is 14.1. The topological polar surface area (TPSA) is 46.6 Å². The lowest BCUT2D eigenvalue weighted by Crippen LogP contribution is -2.30.